The number of unbranched alkanes of at least 4 members (excludes halogenated alkanes) is 2. The minimum absolute atomic E-state index is 0.433. The standard InChI is InChI=1S/C21H26O3/c1-3-4-7-14-24-20-9-6-5-8-18(20)15-19(21(22)23)17-12-10-16(2)11-13-17/h5-6,8-13,19H,3-4,7,14-15H2,1-2H3,(H,22,23). The Hall–Kier alpha value is -2.29. The van der Waals surface area contributed by atoms with Gasteiger partial charge in [0.05, 0.1) is 12.5 Å². The SMILES string of the molecule is CCCCCOc1ccccc1CC(C(=O)O)c1ccc(C)cc1. The van der Waals surface area contributed by atoms with Gasteiger partial charge in [-0.05, 0) is 37.0 Å². The molecule has 0 aliphatic heterocycles. The summed E-state index contributed by atoms with van der Waals surface area (Å²) in [6, 6.07) is 15.5. The molecule has 0 fully saturated rings. The summed E-state index contributed by atoms with van der Waals surface area (Å²) in [6.07, 6.45) is 3.75. The van der Waals surface area contributed by atoms with E-state index < -0.39 is 11.9 Å². The lowest BCUT2D eigenvalue weighted by atomic mass is 9.91. The summed E-state index contributed by atoms with van der Waals surface area (Å²) in [4.78, 5) is 11.8. The number of aliphatic carboxylic acids is 1. The molecule has 2 rings (SSSR count). The highest BCUT2D eigenvalue weighted by molar-refractivity contribution is 5.76. The lowest BCUT2D eigenvalue weighted by molar-refractivity contribution is -0.138. The van der Waals surface area contributed by atoms with E-state index in [1.54, 1.807) is 0 Å². The average molecular weight is 326 g/mol. The zero-order valence-corrected chi connectivity index (χ0v) is 14.5. The fraction of sp³-hybridized carbons (Fsp3) is 0.381. The number of rotatable bonds is 9. The van der Waals surface area contributed by atoms with Gasteiger partial charge in [-0.25, -0.2) is 0 Å². The first kappa shape index (κ1) is 18.1. The fourth-order valence-electron chi connectivity index (χ4n) is 2.71. The summed E-state index contributed by atoms with van der Waals surface area (Å²) >= 11 is 0. The quantitative estimate of drug-likeness (QED) is 0.661. The Morgan fingerprint density at radius 3 is 2.46 bits per heavy atom. The van der Waals surface area contributed by atoms with Crippen LogP contribution < -0.4 is 4.74 Å². The molecule has 3 nitrogen and oxygen atoms in total. The topological polar surface area (TPSA) is 46.5 Å². The Labute approximate surface area is 144 Å². The summed E-state index contributed by atoms with van der Waals surface area (Å²) in [5.74, 6) is -0.572. The van der Waals surface area contributed by atoms with E-state index in [0.29, 0.717) is 13.0 Å². The molecule has 0 radical (unpaired) electrons. The van der Waals surface area contributed by atoms with Gasteiger partial charge in [0.25, 0.3) is 0 Å². The molecule has 1 atom stereocenters. The van der Waals surface area contributed by atoms with Gasteiger partial charge in [-0.3, -0.25) is 4.79 Å². The normalized spacial score (nSPS) is 11.9. The van der Waals surface area contributed by atoms with Gasteiger partial charge in [0.2, 0.25) is 0 Å². The Bertz CT molecular complexity index is 646. The number of aryl methyl sites for hydroxylation is 1. The third-order valence-electron chi connectivity index (χ3n) is 4.18. The number of hydrogen-bond donors (Lipinski definition) is 1. The maximum absolute atomic E-state index is 11.8. The van der Waals surface area contributed by atoms with Crippen molar-refractivity contribution >= 4 is 5.97 Å². The number of para-hydroxylation sites is 1. The third-order valence-corrected chi connectivity index (χ3v) is 4.18. The second kappa shape index (κ2) is 9.11. The van der Waals surface area contributed by atoms with Crippen LogP contribution in [0, 0.1) is 6.92 Å². The first-order valence-corrected chi connectivity index (χ1v) is 8.62. The summed E-state index contributed by atoms with van der Waals surface area (Å²) in [5, 5.41) is 9.65. The van der Waals surface area contributed by atoms with Crippen molar-refractivity contribution in [2.45, 2.75) is 45.4 Å². The zero-order valence-electron chi connectivity index (χ0n) is 14.5. The van der Waals surface area contributed by atoms with Crippen LogP contribution in [0.5, 0.6) is 5.75 Å². The van der Waals surface area contributed by atoms with Gasteiger partial charge >= 0.3 is 5.97 Å². The van der Waals surface area contributed by atoms with Crippen LogP contribution in [0.1, 0.15) is 48.8 Å². The number of hydrogen-bond acceptors (Lipinski definition) is 2. The van der Waals surface area contributed by atoms with E-state index in [-0.39, 0.29) is 0 Å². The van der Waals surface area contributed by atoms with Gasteiger partial charge in [0.15, 0.2) is 0 Å². The number of carbonyl (C=O) groups is 1. The van der Waals surface area contributed by atoms with Crippen molar-refractivity contribution in [3.8, 4) is 5.75 Å². The van der Waals surface area contributed by atoms with Crippen LogP contribution in [-0.4, -0.2) is 17.7 Å². The first-order valence-electron chi connectivity index (χ1n) is 8.62. The van der Waals surface area contributed by atoms with Crippen molar-refractivity contribution in [3.63, 3.8) is 0 Å². The second-order valence-electron chi connectivity index (χ2n) is 6.17. The fourth-order valence-corrected chi connectivity index (χ4v) is 2.71. The van der Waals surface area contributed by atoms with Crippen molar-refractivity contribution in [2.24, 2.45) is 0 Å². The zero-order chi connectivity index (χ0) is 17.4. The lowest BCUT2D eigenvalue weighted by Gasteiger charge is -2.16. The van der Waals surface area contributed by atoms with Crippen molar-refractivity contribution in [3.05, 3.63) is 65.2 Å². The molecule has 0 saturated heterocycles. The molecular weight excluding hydrogens is 300 g/mol. The maximum Gasteiger partial charge on any atom is 0.311 e. The van der Waals surface area contributed by atoms with E-state index >= 15 is 0 Å². The summed E-state index contributed by atoms with van der Waals surface area (Å²) in [6.45, 7) is 4.83. The highest BCUT2D eigenvalue weighted by atomic mass is 16.5. The highest BCUT2D eigenvalue weighted by Crippen LogP contribution is 2.27. The molecule has 128 valence electrons. The molecule has 3 heteroatoms. The van der Waals surface area contributed by atoms with Gasteiger partial charge in [-0.1, -0.05) is 67.8 Å². The monoisotopic (exact) mass is 326 g/mol. The maximum atomic E-state index is 11.8. The highest BCUT2D eigenvalue weighted by Gasteiger charge is 2.21. The van der Waals surface area contributed by atoms with Gasteiger partial charge in [-0.15, -0.1) is 0 Å². The van der Waals surface area contributed by atoms with Crippen molar-refractivity contribution in [1.82, 2.24) is 0 Å². The smallest absolute Gasteiger partial charge is 0.311 e. The molecule has 2 aromatic carbocycles. The van der Waals surface area contributed by atoms with Crippen LogP contribution in [0.2, 0.25) is 0 Å². The van der Waals surface area contributed by atoms with E-state index in [2.05, 4.69) is 6.92 Å². The Kier molecular flexibility index (Phi) is 6.86. The molecule has 0 heterocycles. The van der Waals surface area contributed by atoms with Gasteiger partial charge in [0, 0.05) is 0 Å². The molecule has 2 aromatic rings. The van der Waals surface area contributed by atoms with Crippen molar-refractivity contribution in [2.75, 3.05) is 6.61 Å². The molecule has 0 amide bonds. The number of carboxylic acid groups (broad SMARTS) is 1. The van der Waals surface area contributed by atoms with Crippen molar-refractivity contribution < 1.29 is 14.6 Å². The van der Waals surface area contributed by atoms with E-state index in [9.17, 15) is 9.90 Å². The minimum Gasteiger partial charge on any atom is -0.493 e. The molecule has 24 heavy (non-hydrogen) atoms. The average Bonchev–Trinajstić information content (AvgIpc) is 2.58. The molecule has 1 unspecified atom stereocenters. The predicted octanol–water partition coefficient (Wildman–Crippen LogP) is 4.97. The van der Waals surface area contributed by atoms with Crippen LogP contribution in [0.15, 0.2) is 48.5 Å². The molecule has 0 bridgehead atoms. The van der Waals surface area contributed by atoms with Crippen LogP contribution in [0.3, 0.4) is 0 Å². The van der Waals surface area contributed by atoms with Gasteiger partial charge < -0.3 is 9.84 Å². The molecule has 0 aliphatic carbocycles. The van der Waals surface area contributed by atoms with E-state index in [1.165, 1.54) is 0 Å². The molecular formula is C21H26O3. The van der Waals surface area contributed by atoms with Crippen LogP contribution in [-0.2, 0) is 11.2 Å². The van der Waals surface area contributed by atoms with Crippen LogP contribution in [0.25, 0.3) is 0 Å². The molecule has 0 spiro atoms. The molecule has 1 N–H and O–H groups in total. The Morgan fingerprint density at radius 2 is 1.79 bits per heavy atom. The minimum atomic E-state index is -0.806. The summed E-state index contributed by atoms with van der Waals surface area (Å²) in [7, 11) is 0. The first-order chi connectivity index (χ1) is 11.6. The Balaban J connectivity index is 2.14. The van der Waals surface area contributed by atoms with E-state index in [4.69, 9.17) is 4.74 Å². The lowest BCUT2D eigenvalue weighted by Crippen LogP contribution is -2.15. The predicted molar refractivity (Wildman–Crippen MR) is 96.7 cm³/mol. The summed E-state index contributed by atoms with van der Waals surface area (Å²) in [5.41, 5.74) is 2.90. The van der Waals surface area contributed by atoms with E-state index in [1.807, 2.05) is 55.5 Å². The third kappa shape index (κ3) is 5.12. The van der Waals surface area contributed by atoms with Gasteiger partial charge in [0.1, 0.15) is 5.75 Å². The summed E-state index contributed by atoms with van der Waals surface area (Å²) < 4.78 is 5.88. The molecule has 0 aromatic heterocycles. The number of ether oxygens (including phenoxy) is 1. The second-order valence-corrected chi connectivity index (χ2v) is 6.17. The number of carboxylic acids is 1. The number of benzene rings is 2. The van der Waals surface area contributed by atoms with Crippen LogP contribution >= 0.6 is 0 Å². The molecule has 0 saturated carbocycles. The van der Waals surface area contributed by atoms with Gasteiger partial charge in [-0.2, -0.15) is 0 Å². The van der Waals surface area contributed by atoms with E-state index in [0.717, 1.165) is 41.7 Å². The largest absolute Gasteiger partial charge is 0.493 e. The van der Waals surface area contributed by atoms with Crippen molar-refractivity contribution in [1.29, 1.82) is 0 Å². The van der Waals surface area contributed by atoms with Crippen LogP contribution in [0.4, 0.5) is 0 Å². The molecule has 0 aliphatic rings. The Morgan fingerprint density at radius 1 is 1.08 bits per heavy atom.